The number of hydrogen-bond acceptors (Lipinski definition) is 4. The van der Waals surface area contributed by atoms with Gasteiger partial charge in [-0.05, 0) is 69.5 Å². The van der Waals surface area contributed by atoms with Gasteiger partial charge in [0.2, 0.25) is 0 Å². The predicted octanol–water partition coefficient (Wildman–Crippen LogP) is 7.37. The fraction of sp³-hybridized carbons (Fsp3) is 0.0741. The molecule has 0 aliphatic carbocycles. The van der Waals surface area contributed by atoms with Gasteiger partial charge in [-0.2, -0.15) is 5.10 Å². The maximum absolute atomic E-state index is 12.9. The minimum Gasteiger partial charge on any atom is -0.280 e. The number of benzene rings is 4. The Morgan fingerprint density at radius 3 is 2.17 bits per heavy atom. The van der Waals surface area contributed by atoms with Crippen LogP contribution in [0.4, 0.5) is 11.4 Å². The van der Waals surface area contributed by atoms with Crippen molar-refractivity contribution in [3.63, 3.8) is 0 Å². The van der Waals surface area contributed by atoms with Gasteiger partial charge in [-0.25, -0.2) is 8.42 Å². The summed E-state index contributed by atoms with van der Waals surface area (Å²) in [4.78, 5) is 0.167. The number of nitrogens with one attached hydrogen (secondary N) is 1. The summed E-state index contributed by atoms with van der Waals surface area (Å²) in [5.74, 6) is 0. The van der Waals surface area contributed by atoms with Crippen molar-refractivity contribution >= 4 is 59.0 Å². The van der Waals surface area contributed by atoms with Crippen molar-refractivity contribution in [2.24, 2.45) is 5.10 Å². The predicted molar refractivity (Wildman–Crippen MR) is 148 cm³/mol. The quantitative estimate of drug-likeness (QED) is 0.248. The third-order valence-electron chi connectivity index (χ3n) is 5.77. The zero-order chi connectivity index (χ0) is 24.4. The Hall–Kier alpha value is -2.94. The van der Waals surface area contributed by atoms with Gasteiger partial charge in [0.25, 0.3) is 10.0 Å². The van der Waals surface area contributed by atoms with Crippen LogP contribution in [0.2, 0.25) is 0 Å². The first-order valence-corrected chi connectivity index (χ1v) is 14.0. The molecule has 0 radical (unpaired) electrons. The maximum Gasteiger partial charge on any atom is 0.263 e. The summed E-state index contributed by atoms with van der Waals surface area (Å²) in [6, 6.07) is 32.9. The molecular formula is C27H21Br2N3O2S. The number of hydrogen-bond donors (Lipinski definition) is 1. The van der Waals surface area contributed by atoms with Crippen LogP contribution in [0.1, 0.15) is 23.6 Å². The van der Waals surface area contributed by atoms with Crippen LogP contribution in [0.25, 0.3) is 0 Å². The Morgan fingerprint density at radius 2 is 1.49 bits per heavy atom. The van der Waals surface area contributed by atoms with Gasteiger partial charge in [-0.1, -0.05) is 76.6 Å². The summed E-state index contributed by atoms with van der Waals surface area (Å²) < 4.78 is 29.7. The second kappa shape index (κ2) is 9.97. The molecule has 5 nitrogen and oxygen atoms in total. The zero-order valence-corrected chi connectivity index (χ0v) is 22.5. The van der Waals surface area contributed by atoms with Gasteiger partial charge in [-0.3, -0.25) is 9.73 Å². The van der Waals surface area contributed by atoms with Crippen molar-refractivity contribution in [3.05, 3.63) is 123 Å². The summed E-state index contributed by atoms with van der Waals surface area (Å²) in [6.45, 7) is 0. The van der Waals surface area contributed by atoms with E-state index in [0.29, 0.717) is 14.6 Å². The molecule has 0 saturated heterocycles. The summed E-state index contributed by atoms with van der Waals surface area (Å²) in [5.41, 5.74) is 4.61. The monoisotopic (exact) mass is 609 g/mol. The summed E-state index contributed by atoms with van der Waals surface area (Å²) in [7, 11) is -3.75. The lowest BCUT2D eigenvalue weighted by Gasteiger charge is -2.23. The Labute approximate surface area is 221 Å². The average molecular weight is 611 g/mol. The minimum absolute atomic E-state index is 0.0839. The van der Waals surface area contributed by atoms with Gasteiger partial charge in [0.15, 0.2) is 0 Å². The second-order valence-corrected chi connectivity index (χ2v) is 11.5. The van der Waals surface area contributed by atoms with Crippen LogP contribution in [0, 0.1) is 0 Å². The first kappa shape index (κ1) is 23.8. The Morgan fingerprint density at radius 1 is 0.829 bits per heavy atom. The van der Waals surface area contributed by atoms with E-state index in [1.54, 1.807) is 30.3 Å². The number of halogens is 2. The highest BCUT2D eigenvalue weighted by Gasteiger charge is 2.29. The average Bonchev–Trinajstić information content (AvgIpc) is 3.32. The SMILES string of the molecule is O=S(=O)(Nc1ccc(C2=NN(c3ccccc3)C(c3ccccc3)C2)cc1)c1cc(Br)ccc1Br. The molecule has 1 N–H and O–H groups in total. The van der Waals surface area contributed by atoms with Crippen molar-refractivity contribution in [2.45, 2.75) is 17.4 Å². The van der Waals surface area contributed by atoms with Crippen LogP contribution in [-0.2, 0) is 10.0 Å². The molecule has 0 spiro atoms. The highest BCUT2D eigenvalue weighted by atomic mass is 79.9. The molecule has 1 unspecified atom stereocenters. The molecule has 1 heterocycles. The standard InChI is InChI=1S/C27H21Br2N3O2S/c28-21-13-16-24(29)27(17-21)35(33,34)31-22-14-11-19(12-15-22)25-18-26(20-7-3-1-4-8-20)32(30-25)23-9-5-2-6-10-23/h1-17,26,31H,18H2. The number of rotatable bonds is 6. The number of anilines is 2. The Kier molecular flexibility index (Phi) is 6.77. The normalized spacial score (nSPS) is 15.7. The maximum atomic E-state index is 12.9. The van der Waals surface area contributed by atoms with E-state index in [1.165, 1.54) is 5.56 Å². The van der Waals surface area contributed by atoms with Gasteiger partial charge in [0, 0.05) is 21.1 Å². The van der Waals surface area contributed by atoms with Crippen molar-refractivity contribution in [1.29, 1.82) is 0 Å². The summed E-state index contributed by atoms with van der Waals surface area (Å²) in [5, 5.41) is 7.02. The number of nitrogens with zero attached hydrogens (tertiary/aromatic N) is 2. The van der Waals surface area contributed by atoms with E-state index < -0.39 is 10.0 Å². The van der Waals surface area contributed by atoms with E-state index in [4.69, 9.17) is 5.10 Å². The molecule has 4 aromatic carbocycles. The zero-order valence-electron chi connectivity index (χ0n) is 18.5. The molecule has 1 aliphatic heterocycles. The largest absolute Gasteiger partial charge is 0.280 e. The molecule has 1 atom stereocenters. The number of hydrazone groups is 1. The van der Waals surface area contributed by atoms with Crippen LogP contribution < -0.4 is 9.73 Å². The Balaban J connectivity index is 1.41. The van der Waals surface area contributed by atoms with Gasteiger partial charge in [0.1, 0.15) is 4.90 Å². The molecular weight excluding hydrogens is 590 g/mol. The lowest BCUT2D eigenvalue weighted by molar-refractivity contribution is 0.600. The van der Waals surface area contributed by atoms with Crippen LogP contribution in [0.5, 0.6) is 0 Å². The van der Waals surface area contributed by atoms with Gasteiger partial charge >= 0.3 is 0 Å². The molecule has 0 fully saturated rings. The number of sulfonamides is 1. The van der Waals surface area contributed by atoms with Crippen molar-refractivity contribution in [3.8, 4) is 0 Å². The third kappa shape index (κ3) is 5.19. The highest BCUT2D eigenvalue weighted by molar-refractivity contribution is 9.11. The smallest absolute Gasteiger partial charge is 0.263 e. The van der Waals surface area contributed by atoms with E-state index in [1.807, 2.05) is 48.5 Å². The molecule has 176 valence electrons. The van der Waals surface area contributed by atoms with Crippen LogP contribution in [-0.4, -0.2) is 14.1 Å². The first-order valence-electron chi connectivity index (χ1n) is 11.0. The Bertz CT molecular complexity index is 1480. The van der Waals surface area contributed by atoms with Crippen molar-refractivity contribution < 1.29 is 8.42 Å². The first-order chi connectivity index (χ1) is 16.9. The lowest BCUT2D eigenvalue weighted by atomic mass is 9.98. The van der Waals surface area contributed by atoms with E-state index in [0.717, 1.165) is 23.4 Å². The van der Waals surface area contributed by atoms with E-state index in [9.17, 15) is 8.42 Å². The van der Waals surface area contributed by atoms with Gasteiger partial charge in [-0.15, -0.1) is 0 Å². The van der Waals surface area contributed by atoms with Crippen LogP contribution in [0.15, 0.2) is 122 Å². The van der Waals surface area contributed by atoms with Crippen LogP contribution in [0.3, 0.4) is 0 Å². The molecule has 4 aromatic rings. The van der Waals surface area contributed by atoms with Gasteiger partial charge in [0.05, 0.1) is 17.4 Å². The molecule has 5 rings (SSSR count). The van der Waals surface area contributed by atoms with E-state index in [2.05, 4.69) is 65.9 Å². The van der Waals surface area contributed by atoms with Crippen molar-refractivity contribution in [2.75, 3.05) is 9.73 Å². The fourth-order valence-electron chi connectivity index (χ4n) is 4.06. The highest BCUT2D eigenvalue weighted by Crippen LogP contribution is 2.36. The topological polar surface area (TPSA) is 61.8 Å². The molecule has 0 bridgehead atoms. The fourth-order valence-corrected chi connectivity index (χ4v) is 6.62. The molecule has 0 amide bonds. The van der Waals surface area contributed by atoms with E-state index in [-0.39, 0.29) is 10.9 Å². The van der Waals surface area contributed by atoms with E-state index >= 15 is 0 Å². The molecule has 0 aromatic heterocycles. The molecule has 8 heteroatoms. The molecule has 0 saturated carbocycles. The summed E-state index contributed by atoms with van der Waals surface area (Å²) >= 11 is 6.66. The van der Waals surface area contributed by atoms with Crippen molar-refractivity contribution in [1.82, 2.24) is 0 Å². The van der Waals surface area contributed by atoms with Crippen LogP contribution >= 0.6 is 31.9 Å². The summed E-state index contributed by atoms with van der Waals surface area (Å²) in [6.07, 6.45) is 0.745. The number of para-hydroxylation sites is 1. The third-order valence-corrected chi connectivity index (χ3v) is 8.64. The second-order valence-electron chi connectivity index (χ2n) is 8.12. The lowest BCUT2D eigenvalue weighted by Crippen LogP contribution is -2.18. The minimum atomic E-state index is -3.75. The van der Waals surface area contributed by atoms with Gasteiger partial charge < -0.3 is 0 Å². The molecule has 1 aliphatic rings. The molecule has 35 heavy (non-hydrogen) atoms.